The molecule has 0 amide bonds. The molecule has 1 aromatic heterocycles. The molecule has 0 aromatic carbocycles. The molecule has 0 bridgehead atoms. The van der Waals surface area contributed by atoms with Crippen LogP contribution in [0.3, 0.4) is 0 Å². The van der Waals surface area contributed by atoms with Crippen LogP contribution in [0.25, 0.3) is 0 Å². The van der Waals surface area contributed by atoms with Crippen molar-refractivity contribution in [3.8, 4) is 0 Å². The third-order valence-corrected chi connectivity index (χ3v) is 3.24. The van der Waals surface area contributed by atoms with Gasteiger partial charge in [-0.3, -0.25) is 4.68 Å². The van der Waals surface area contributed by atoms with Gasteiger partial charge in [-0.15, -0.1) is 0 Å². The van der Waals surface area contributed by atoms with Crippen molar-refractivity contribution in [2.75, 3.05) is 32.0 Å². The second kappa shape index (κ2) is 6.02. The van der Waals surface area contributed by atoms with E-state index in [0.717, 1.165) is 45.6 Å². The van der Waals surface area contributed by atoms with E-state index in [2.05, 4.69) is 16.9 Å². The maximum Gasteiger partial charge on any atom is 0.145 e. The maximum absolute atomic E-state index is 5.64. The van der Waals surface area contributed by atoms with E-state index in [1.165, 1.54) is 0 Å². The van der Waals surface area contributed by atoms with Crippen LogP contribution in [0.5, 0.6) is 0 Å². The van der Waals surface area contributed by atoms with E-state index in [-0.39, 0.29) is 0 Å². The summed E-state index contributed by atoms with van der Waals surface area (Å²) in [7, 11) is 0. The van der Waals surface area contributed by atoms with E-state index in [1.54, 1.807) is 0 Å². The summed E-state index contributed by atoms with van der Waals surface area (Å²) in [5, 5.41) is 4.18. The minimum atomic E-state index is 0.469. The molecule has 5 nitrogen and oxygen atoms in total. The van der Waals surface area contributed by atoms with Gasteiger partial charge < -0.3 is 15.4 Å². The summed E-state index contributed by atoms with van der Waals surface area (Å²) in [4.78, 5) is 2.47. The van der Waals surface area contributed by atoms with Gasteiger partial charge in [0.25, 0.3) is 0 Å². The highest BCUT2D eigenvalue weighted by atomic mass is 16.5. The highest BCUT2D eigenvalue weighted by molar-refractivity contribution is 5.23. The summed E-state index contributed by atoms with van der Waals surface area (Å²) in [6.45, 7) is 7.10. The molecule has 1 aliphatic heterocycles. The lowest BCUT2D eigenvalue weighted by atomic mass is 10.1. The molecule has 0 spiro atoms. The lowest BCUT2D eigenvalue weighted by Gasteiger charge is -2.31. The zero-order valence-corrected chi connectivity index (χ0v) is 10.5. The lowest BCUT2D eigenvalue weighted by Crippen LogP contribution is -2.38. The molecule has 1 fully saturated rings. The number of aromatic nitrogens is 2. The highest BCUT2D eigenvalue weighted by Gasteiger charge is 2.18. The van der Waals surface area contributed by atoms with E-state index in [4.69, 9.17) is 10.5 Å². The monoisotopic (exact) mass is 238 g/mol. The number of likely N-dealkylation sites (tertiary alicyclic amines) is 1. The second-order valence-electron chi connectivity index (χ2n) is 4.50. The highest BCUT2D eigenvalue weighted by Crippen LogP contribution is 2.13. The molecule has 1 aliphatic rings. The molecule has 5 heteroatoms. The SMILES string of the molecule is CCOC1CCN(CCn2ccc(N)n2)CC1. The van der Waals surface area contributed by atoms with E-state index in [0.29, 0.717) is 11.9 Å². The van der Waals surface area contributed by atoms with Crippen LogP contribution in [0.15, 0.2) is 12.3 Å². The van der Waals surface area contributed by atoms with Gasteiger partial charge in [-0.2, -0.15) is 5.10 Å². The van der Waals surface area contributed by atoms with Crippen molar-refractivity contribution >= 4 is 5.82 Å². The van der Waals surface area contributed by atoms with Crippen LogP contribution in [0, 0.1) is 0 Å². The van der Waals surface area contributed by atoms with Gasteiger partial charge in [-0.1, -0.05) is 0 Å². The van der Waals surface area contributed by atoms with Crippen LogP contribution in [-0.2, 0) is 11.3 Å². The van der Waals surface area contributed by atoms with Gasteiger partial charge in [0.2, 0.25) is 0 Å². The van der Waals surface area contributed by atoms with Crippen LogP contribution in [-0.4, -0.2) is 47.0 Å². The number of hydrogen-bond donors (Lipinski definition) is 1. The Morgan fingerprint density at radius 1 is 1.41 bits per heavy atom. The topological polar surface area (TPSA) is 56.3 Å². The summed E-state index contributed by atoms with van der Waals surface area (Å²) in [5.41, 5.74) is 5.58. The average molecular weight is 238 g/mol. The molecular formula is C12H22N4O. The Hall–Kier alpha value is -1.07. The van der Waals surface area contributed by atoms with Gasteiger partial charge in [0.1, 0.15) is 5.82 Å². The minimum Gasteiger partial charge on any atom is -0.382 e. The fraction of sp³-hybridized carbons (Fsp3) is 0.750. The number of anilines is 1. The van der Waals surface area contributed by atoms with Crippen molar-refractivity contribution in [2.45, 2.75) is 32.4 Å². The lowest BCUT2D eigenvalue weighted by molar-refractivity contribution is 0.0135. The fourth-order valence-electron chi connectivity index (χ4n) is 2.28. The number of rotatable bonds is 5. The molecule has 1 saturated heterocycles. The Kier molecular flexibility index (Phi) is 4.39. The molecule has 17 heavy (non-hydrogen) atoms. The van der Waals surface area contributed by atoms with E-state index >= 15 is 0 Å². The van der Waals surface area contributed by atoms with Gasteiger partial charge in [-0.05, 0) is 25.8 Å². The quantitative estimate of drug-likeness (QED) is 0.830. The first-order valence-electron chi connectivity index (χ1n) is 6.41. The molecule has 96 valence electrons. The summed E-state index contributed by atoms with van der Waals surface area (Å²) < 4.78 is 7.54. The van der Waals surface area contributed by atoms with Crippen molar-refractivity contribution in [3.63, 3.8) is 0 Å². The summed E-state index contributed by atoms with van der Waals surface area (Å²) in [5.74, 6) is 0.597. The van der Waals surface area contributed by atoms with Crippen LogP contribution in [0.1, 0.15) is 19.8 Å². The van der Waals surface area contributed by atoms with Gasteiger partial charge >= 0.3 is 0 Å². The zero-order chi connectivity index (χ0) is 12.1. The predicted octanol–water partition coefficient (Wildman–Crippen LogP) is 0.966. The Morgan fingerprint density at radius 2 is 2.18 bits per heavy atom. The Balaban J connectivity index is 1.68. The van der Waals surface area contributed by atoms with Gasteiger partial charge in [-0.25, -0.2) is 0 Å². The third kappa shape index (κ3) is 3.71. The van der Waals surface area contributed by atoms with Crippen LogP contribution in [0.2, 0.25) is 0 Å². The summed E-state index contributed by atoms with van der Waals surface area (Å²) >= 11 is 0. The first kappa shape index (κ1) is 12.4. The van der Waals surface area contributed by atoms with Crippen LogP contribution < -0.4 is 5.73 Å². The van der Waals surface area contributed by atoms with Crippen molar-refractivity contribution in [1.82, 2.24) is 14.7 Å². The van der Waals surface area contributed by atoms with Crippen molar-refractivity contribution in [1.29, 1.82) is 0 Å². The molecular weight excluding hydrogens is 216 g/mol. The first-order valence-corrected chi connectivity index (χ1v) is 6.41. The number of nitrogen functional groups attached to an aromatic ring is 1. The molecule has 0 saturated carbocycles. The minimum absolute atomic E-state index is 0.469. The number of nitrogens with two attached hydrogens (primary N) is 1. The van der Waals surface area contributed by atoms with E-state index in [1.807, 2.05) is 16.9 Å². The first-order chi connectivity index (χ1) is 8.28. The molecule has 2 rings (SSSR count). The fourth-order valence-corrected chi connectivity index (χ4v) is 2.28. The Morgan fingerprint density at radius 3 is 2.76 bits per heavy atom. The number of piperidine rings is 1. The van der Waals surface area contributed by atoms with Crippen LogP contribution in [0.4, 0.5) is 5.82 Å². The second-order valence-corrected chi connectivity index (χ2v) is 4.50. The maximum atomic E-state index is 5.64. The average Bonchev–Trinajstić information content (AvgIpc) is 2.75. The summed E-state index contributed by atoms with van der Waals surface area (Å²) in [6.07, 6.45) is 4.70. The molecule has 0 atom stereocenters. The molecule has 0 unspecified atom stereocenters. The largest absolute Gasteiger partial charge is 0.382 e. The normalized spacial score (nSPS) is 18.6. The molecule has 2 N–H and O–H groups in total. The molecule has 1 aromatic rings. The van der Waals surface area contributed by atoms with E-state index in [9.17, 15) is 0 Å². The summed E-state index contributed by atoms with van der Waals surface area (Å²) in [6, 6.07) is 1.83. The number of nitrogens with zero attached hydrogens (tertiary/aromatic N) is 3. The van der Waals surface area contributed by atoms with Crippen LogP contribution >= 0.6 is 0 Å². The number of hydrogen-bond acceptors (Lipinski definition) is 4. The number of ether oxygens (including phenoxy) is 1. The third-order valence-electron chi connectivity index (χ3n) is 3.24. The Labute approximate surface area is 103 Å². The Bertz CT molecular complexity index is 331. The van der Waals surface area contributed by atoms with Crippen molar-refractivity contribution < 1.29 is 4.74 Å². The van der Waals surface area contributed by atoms with E-state index < -0.39 is 0 Å². The molecule has 0 aliphatic carbocycles. The standard InChI is InChI=1S/C12H22N4O/c1-2-17-11-3-6-15(7-4-11)9-10-16-8-5-12(13)14-16/h5,8,11H,2-4,6-7,9-10H2,1H3,(H2,13,14). The van der Waals surface area contributed by atoms with Gasteiger partial charge in [0, 0.05) is 32.4 Å². The van der Waals surface area contributed by atoms with Gasteiger partial charge in [0.05, 0.1) is 12.6 Å². The predicted molar refractivity (Wildman–Crippen MR) is 67.7 cm³/mol. The molecule has 2 heterocycles. The van der Waals surface area contributed by atoms with Crippen molar-refractivity contribution in [2.24, 2.45) is 0 Å². The zero-order valence-electron chi connectivity index (χ0n) is 10.5. The van der Waals surface area contributed by atoms with Crippen molar-refractivity contribution in [3.05, 3.63) is 12.3 Å². The molecule has 0 radical (unpaired) electrons. The van der Waals surface area contributed by atoms with Gasteiger partial charge in [0.15, 0.2) is 0 Å². The smallest absolute Gasteiger partial charge is 0.145 e.